The second-order valence-corrected chi connectivity index (χ2v) is 10.1. The number of pyridine rings is 1. The van der Waals surface area contributed by atoms with Gasteiger partial charge in [-0.1, -0.05) is 29.4 Å². The first-order valence-corrected chi connectivity index (χ1v) is 11.8. The molecule has 6 nitrogen and oxygen atoms in total. The molecule has 2 aromatic carbocycles. The summed E-state index contributed by atoms with van der Waals surface area (Å²) >= 11 is 4.62. The van der Waals surface area contributed by atoms with Crippen LogP contribution < -0.4 is 0 Å². The molecule has 8 heteroatoms. The van der Waals surface area contributed by atoms with Crippen molar-refractivity contribution in [3.05, 3.63) is 73.1 Å². The smallest absolute Gasteiger partial charge is 0.180 e. The van der Waals surface area contributed by atoms with E-state index in [1.54, 1.807) is 50.5 Å². The highest BCUT2D eigenvalue weighted by atomic mass is 32.2. The molecule has 160 valence electrons. The molecule has 0 bridgehead atoms. The van der Waals surface area contributed by atoms with Crippen molar-refractivity contribution in [3.8, 4) is 33.7 Å². The Morgan fingerprint density at radius 2 is 1.56 bits per heavy atom. The first kappa shape index (κ1) is 21.8. The number of sulfone groups is 1. The van der Waals surface area contributed by atoms with Crippen molar-refractivity contribution in [2.75, 3.05) is 0 Å². The summed E-state index contributed by atoms with van der Waals surface area (Å²) in [5.41, 5.74) is 4.76. The highest BCUT2D eigenvalue weighted by Crippen LogP contribution is 2.30. The van der Waals surface area contributed by atoms with Gasteiger partial charge >= 0.3 is 0 Å². The molecule has 4 aromatic rings. The fourth-order valence-electron chi connectivity index (χ4n) is 3.15. The standard InChI is InChI=1S/C24H19N3O3S2/c1-16(2)32(28,29)22-9-5-17(6-10-22)19-11-20(14-25-13-19)24-12-23(27-30-24)18-3-7-21(8-4-18)26-15-31/h3-14,16H,1-2H3. The fraction of sp³-hybridized carbons (Fsp3) is 0.125. The molecule has 0 aliphatic carbocycles. The van der Waals surface area contributed by atoms with E-state index in [1.807, 2.05) is 36.4 Å². The van der Waals surface area contributed by atoms with Crippen molar-refractivity contribution in [2.45, 2.75) is 24.0 Å². The normalized spacial score (nSPS) is 11.3. The van der Waals surface area contributed by atoms with E-state index in [0.717, 1.165) is 27.9 Å². The Labute approximate surface area is 191 Å². The maximum atomic E-state index is 12.3. The summed E-state index contributed by atoms with van der Waals surface area (Å²) in [6.45, 7) is 3.34. The average molecular weight is 462 g/mol. The van der Waals surface area contributed by atoms with Gasteiger partial charge in [0.15, 0.2) is 15.6 Å². The zero-order chi connectivity index (χ0) is 22.7. The third kappa shape index (κ3) is 4.43. The monoisotopic (exact) mass is 461 g/mol. The molecule has 2 aromatic heterocycles. The quantitative estimate of drug-likeness (QED) is 0.259. The van der Waals surface area contributed by atoms with Crippen LogP contribution >= 0.6 is 12.2 Å². The van der Waals surface area contributed by atoms with Crippen molar-refractivity contribution < 1.29 is 12.9 Å². The Kier molecular flexibility index (Phi) is 6.10. The minimum Gasteiger partial charge on any atom is -0.356 e. The number of hydrogen-bond donors (Lipinski definition) is 0. The molecule has 0 N–H and O–H groups in total. The van der Waals surface area contributed by atoms with Crippen molar-refractivity contribution >= 4 is 32.9 Å². The summed E-state index contributed by atoms with van der Waals surface area (Å²) in [6.07, 6.45) is 3.42. The van der Waals surface area contributed by atoms with Gasteiger partial charge in [0.1, 0.15) is 5.69 Å². The van der Waals surface area contributed by atoms with Gasteiger partial charge in [-0.25, -0.2) is 8.42 Å². The summed E-state index contributed by atoms with van der Waals surface area (Å²) in [6, 6.07) is 18.0. The van der Waals surface area contributed by atoms with Crippen molar-refractivity contribution in [1.82, 2.24) is 10.1 Å². The molecule has 0 spiro atoms. The third-order valence-electron chi connectivity index (χ3n) is 5.01. The van der Waals surface area contributed by atoms with Crippen LogP contribution in [-0.4, -0.2) is 29.0 Å². The molecular weight excluding hydrogens is 442 g/mol. The lowest BCUT2D eigenvalue weighted by molar-refractivity contribution is 0.435. The van der Waals surface area contributed by atoms with Gasteiger partial charge in [-0.05, 0) is 62.0 Å². The highest BCUT2D eigenvalue weighted by molar-refractivity contribution is 7.92. The summed E-state index contributed by atoms with van der Waals surface area (Å²) in [4.78, 5) is 8.56. The molecule has 0 amide bonds. The second kappa shape index (κ2) is 8.96. The molecule has 0 fully saturated rings. The minimum atomic E-state index is -3.31. The number of benzene rings is 2. The lowest BCUT2D eigenvalue weighted by atomic mass is 10.0. The van der Waals surface area contributed by atoms with Gasteiger partial charge in [-0.2, -0.15) is 4.99 Å². The van der Waals surface area contributed by atoms with E-state index < -0.39 is 15.1 Å². The van der Waals surface area contributed by atoms with E-state index >= 15 is 0 Å². The molecule has 0 saturated heterocycles. The van der Waals surface area contributed by atoms with Crippen molar-refractivity contribution in [1.29, 1.82) is 0 Å². The van der Waals surface area contributed by atoms with E-state index in [9.17, 15) is 8.42 Å². The molecule has 0 saturated carbocycles. The first-order chi connectivity index (χ1) is 15.4. The second-order valence-electron chi connectivity index (χ2n) is 7.41. The fourth-order valence-corrected chi connectivity index (χ4v) is 4.31. The van der Waals surface area contributed by atoms with E-state index in [1.165, 1.54) is 0 Å². The number of thiocarbonyl (C=S) groups is 1. The van der Waals surface area contributed by atoms with Crippen molar-refractivity contribution in [2.24, 2.45) is 4.99 Å². The minimum absolute atomic E-state index is 0.308. The van der Waals surface area contributed by atoms with E-state index in [4.69, 9.17) is 4.52 Å². The van der Waals surface area contributed by atoms with Crippen LogP contribution in [0.3, 0.4) is 0 Å². The SMILES string of the molecule is CC(C)S(=O)(=O)c1ccc(-c2cncc(-c3cc(-c4ccc(N=C=S)cc4)no3)c2)cc1. The van der Waals surface area contributed by atoms with Crippen LogP contribution in [0.2, 0.25) is 0 Å². The zero-order valence-corrected chi connectivity index (χ0v) is 19.0. The molecule has 4 rings (SSSR count). The Morgan fingerprint density at radius 3 is 2.22 bits per heavy atom. The van der Waals surface area contributed by atoms with Gasteiger partial charge in [-0.3, -0.25) is 4.98 Å². The molecule has 0 aliphatic rings. The molecule has 2 heterocycles. The number of isothiocyanates is 1. The predicted octanol–water partition coefficient (Wildman–Crippen LogP) is 5.99. The largest absolute Gasteiger partial charge is 0.356 e. The van der Waals surface area contributed by atoms with Gasteiger partial charge < -0.3 is 4.52 Å². The van der Waals surface area contributed by atoms with Gasteiger partial charge in [0, 0.05) is 35.2 Å². The molecule has 0 atom stereocenters. The Morgan fingerprint density at radius 1 is 0.906 bits per heavy atom. The number of rotatable bonds is 6. The maximum Gasteiger partial charge on any atom is 0.180 e. The van der Waals surface area contributed by atoms with Crippen LogP contribution in [0.4, 0.5) is 5.69 Å². The number of nitrogens with zero attached hydrogens (tertiary/aromatic N) is 3. The van der Waals surface area contributed by atoms with Crippen molar-refractivity contribution in [3.63, 3.8) is 0 Å². The van der Waals surface area contributed by atoms with E-state index in [2.05, 4.69) is 32.5 Å². The number of aromatic nitrogens is 2. The van der Waals surface area contributed by atoms with Crippen LogP contribution in [0.5, 0.6) is 0 Å². The molecule has 32 heavy (non-hydrogen) atoms. The molecule has 0 unspecified atom stereocenters. The van der Waals surface area contributed by atoms with Gasteiger partial charge in [0.2, 0.25) is 0 Å². The Hall–Kier alpha value is -3.45. The summed E-state index contributed by atoms with van der Waals surface area (Å²) < 4.78 is 30.2. The molecular formula is C24H19N3O3S2. The zero-order valence-electron chi connectivity index (χ0n) is 17.4. The number of hydrogen-bond acceptors (Lipinski definition) is 7. The summed E-state index contributed by atoms with van der Waals surface area (Å²) in [5.74, 6) is 0.578. The van der Waals surface area contributed by atoms with Crippen LogP contribution in [0, 0.1) is 0 Å². The predicted molar refractivity (Wildman–Crippen MR) is 128 cm³/mol. The maximum absolute atomic E-state index is 12.3. The Balaban J connectivity index is 1.61. The van der Waals surface area contributed by atoms with E-state index in [-0.39, 0.29) is 0 Å². The van der Waals surface area contributed by atoms with Gasteiger partial charge in [0.05, 0.1) is 21.0 Å². The molecule has 0 aliphatic heterocycles. The first-order valence-electron chi connectivity index (χ1n) is 9.83. The van der Waals surface area contributed by atoms with E-state index in [0.29, 0.717) is 16.3 Å². The summed E-state index contributed by atoms with van der Waals surface area (Å²) in [7, 11) is -3.31. The van der Waals surface area contributed by atoms with Gasteiger partial charge in [-0.15, -0.1) is 0 Å². The lowest BCUT2D eigenvalue weighted by Crippen LogP contribution is -2.13. The Bertz CT molecular complexity index is 1400. The third-order valence-corrected chi connectivity index (χ3v) is 7.27. The topological polar surface area (TPSA) is 85.4 Å². The number of aliphatic imine (C=N–C) groups is 1. The van der Waals surface area contributed by atoms with Crippen LogP contribution in [0.25, 0.3) is 33.7 Å². The van der Waals surface area contributed by atoms with Gasteiger partial charge in [0.25, 0.3) is 0 Å². The van der Waals surface area contributed by atoms with Crippen LogP contribution in [0.1, 0.15) is 13.8 Å². The van der Waals surface area contributed by atoms with Crippen LogP contribution in [0.15, 0.2) is 87.5 Å². The van der Waals surface area contributed by atoms with Crippen LogP contribution in [-0.2, 0) is 9.84 Å². The average Bonchev–Trinajstić information content (AvgIpc) is 3.30. The molecule has 0 radical (unpaired) electrons. The highest BCUT2D eigenvalue weighted by Gasteiger charge is 2.19. The lowest BCUT2D eigenvalue weighted by Gasteiger charge is -2.09. The summed E-state index contributed by atoms with van der Waals surface area (Å²) in [5, 5.41) is 6.03.